The summed E-state index contributed by atoms with van der Waals surface area (Å²) >= 11 is 0. The van der Waals surface area contributed by atoms with E-state index in [2.05, 4.69) is 9.97 Å². The third kappa shape index (κ3) is 4.41. The molecule has 0 radical (unpaired) electrons. The van der Waals surface area contributed by atoms with Crippen molar-refractivity contribution in [3.05, 3.63) is 48.3 Å². The Bertz CT molecular complexity index is 656. The van der Waals surface area contributed by atoms with E-state index in [1.807, 2.05) is 40.9 Å². The normalized spacial score (nSPS) is 17.9. The Kier molecular flexibility index (Phi) is 5.59. The van der Waals surface area contributed by atoms with Crippen LogP contribution < -0.4 is 0 Å². The van der Waals surface area contributed by atoms with Crippen molar-refractivity contribution in [1.29, 1.82) is 0 Å². The molecule has 0 N–H and O–H groups in total. The molecule has 24 heavy (non-hydrogen) atoms. The standard InChI is InChI=1S/C18H24N4O2/c1-15-20-8-11-21(15)10-6-18(23)22-9-3-5-17(13-22)24-14-16-4-2-7-19-12-16/h2,4,7-8,11-12,17H,3,5-6,9-10,13-14H2,1H3/t17-/m1/s1. The summed E-state index contributed by atoms with van der Waals surface area (Å²) in [6.45, 7) is 4.70. The molecule has 0 aliphatic carbocycles. The number of pyridine rings is 1. The molecule has 2 aromatic rings. The number of aromatic nitrogens is 3. The number of hydrogen-bond acceptors (Lipinski definition) is 4. The van der Waals surface area contributed by atoms with E-state index in [0.717, 1.165) is 30.8 Å². The van der Waals surface area contributed by atoms with Gasteiger partial charge < -0.3 is 14.2 Å². The van der Waals surface area contributed by atoms with Gasteiger partial charge >= 0.3 is 0 Å². The van der Waals surface area contributed by atoms with Crippen LogP contribution in [0.3, 0.4) is 0 Å². The van der Waals surface area contributed by atoms with E-state index >= 15 is 0 Å². The number of carbonyl (C=O) groups excluding carboxylic acids is 1. The number of carbonyl (C=O) groups is 1. The largest absolute Gasteiger partial charge is 0.372 e. The van der Waals surface area contributed by atoms with Gasteiger partial charge in [0.2, 0.25) is 5.91 Å². The van der Waals surface area contributed by atoms with Crippen LogP contribution in [0, 0.1) is 6.92 Å². The van der Waals surface area contributed by atoms with Gasteiger partial charge in [-0.2, -0.15) is 0 Å². The minimum Gasteiger partial charge on any atom is -0.372 e. The predicted molar refractivity (Wildman–Crippen MR) is 90.2 cm³/mol. The third-order valence-corrected chi connectivity index (χ3v) is 4.43. The molecule has 1 atom stereocenters. The number of likely N-dealkylation sites (tertiary alicyclic amines) is 1. The van der Waals surface area contributed by atoms with Crippen LogP contribution >= 0.6 is 0 Å². The summed E-state index contributed by atoms with van der Waals surface area (Å²) in [5.74, 6) is 1.14. The topological polar surface area (TPSA) is 60.2 Å². The third-order valence-electron chi connectivity index (χ3n) is 4.43. The van der Waals surface area contributed by atoms with Crippen LogP contribution in [0.5, 0.6) is 0 Å². The highest BCUT2D eigenvalue weighted by Crippen LogP contribution is 2.16. The number of amides is 1. The van der Waals surface area contributed by atoms with Crippen LogP contribution in [0.4, 0.5) is 0 Å². The fraction of sp³-hybridized carbons (Fsp3) is 0.500. The molecule has 1 amide bonds. The second kappa shape index (κ2) is 8.06. The Balaban J connectivity index is 1.46. The van der Waals surface area contributed by atoms with Crippen LogP contribution in [0.1, 0.15) is 30.7 Å². The van der Waals surface area contributed by atoms with Crippen molar-refractivity contribution in [3.63, 3.8) is 0 Å². The van der Waals surface area contributed by atoms with Gasteiger partial charge in [-0.3, -0.25) is 9.78 Å². The van der Waals surface area contributed by atoms with Crippen molar-refractivity contribution in [2.24, 2.45) is 0 Å². The van der Waals surface area contributed by atoms with Gasteiger partial charge in [-0.05, 0) is 31.4 Å². The molecular formula is C18H24N4O2. The van der Waals surface area contributed by atoms with Gasteiger partial charge in [-0.15, -0.1) is 0 Å². The summed E-state index contributed by atoms with van der Waals surface area (Å²) in [6, 6.07) is 3.92. The lowest BCUT2D eigenvalue weighted by Crippen LogP contribution is -2.43. The molecule has 1 saturated heterocycles. The fourth-order valence-corrected chi connectivity index (χ4v) is 3.01. The zero-order valence-electron chi connectivity index (χ0n) is 14.1. The molecule has 0 bridgehead atoms. The molecule has 128 valence electrons. The van der Waals surface area contributed by atoms with Gasteiger partial charge in [0, 0.05) is 50.8 Å². The van der Waals surface area contributed by atoms with E-state index in [9.17, 15) is 4.79 Å². The number of piperidine rings is 1. The molecule has 0 aromatic carbocycles. The smallest absolute Gasteiger partial charge is 0.224 e. The highest BCUT2D eigenvalue weighted by atomic mass is 16.5. The van der Waals surface area contributed by atoms with Crippen LogP contribution in [-0.2, 0) is 22.7 Å². The summed E-state index contributed by atoms with van der Waals surface area (Å²) in [5, 5.41) is 0. The highest BCUT2D eigenvalue weighted by molar-refractivity contribution is 5.76. The zero-order valence-corrected chi connectivity index (χ0v) is 14.1. The van der Waals surface area contributed by atoms with Crippen molar-refractivity contribution < 1.29 is 9.53 Å². The van der Waals surface area contributed by atoms with Crippen molar-refractivity contribution in [3.8, 4) is 0 Å². The van der Waals surface area contributed by atoms with Crippen LogP contribution in [0.15, 0.2) is 36.9 Å². The Morgan fingerprint density at radius 3 is 3.08 bits per heavy atom. The molecule has 3 rings (SSSR count). The highest BCUT2D eigenvalue weighted by Gasteiger charge is 2.24. The Morgan fingerprint density at radius 2 is 2.33 bits per heavy atom. The molecule has 1 aliphatic rings. The van der Waals surface area contributed by atoms with E-state index in [0.29, 0.717) is 26.1 Å². The molecule has 0 spiro atoms. The molecular weight excluding hydrogens is 304 g/mol. The first kappa shape index (κ1) is 16.6. The maximum absolute atomic E-state index is 12.5. The van der Waals surface area contributed by atoms with Crippen molar-refractivity contribution in [2.75, 3.05) is 13.1 Å². The van der Waals surface area contributed by atoms with E-state index in [-0.39, 0.29) is 12.0 Å². The second-order valence-electron chi connectivity index (χ2n) is 6.19. The lowest BCUT2D eigenvalue weighted by molar-refractivity contribution is -0.135. The van der Waals surface area contributed by atoms with Crippen LogP contribution in [-0.4, -0.2) is 44.5 Å². The lowest BCUT2D eigenvalue weighted by atomic mass is 10.1. The molecule has 6 nitrogen and oxygen atoms in total. The fourth-order valence-electron chi connectivity index (χ4n) is 3.01. The molecule has 0 saturated carbocycles. The van der Waals surface area contributed by atoms with E-state index in [1.165, 1.54) is 0 Å². The maximum Gasteiger partial charge on any atom is 0.224 e. The van der Waals surface area contributed by atoms with E-state index in [1.54, 1.807) is 12.4 Å². The Hall–Kier alpha value is -2.21. The minimum atomic E-state index is 0.109. The number of aryl methyl sites for hydroxylation is 2. The molecule has 2 aromatic heterocycles. The minimum absolute atomic E-state index is 0.109. The average Bonchev–Trinajstić information content (AvgIpc) is 3.04. The zero-order chi connectivity index (χ0) is 16.8. The quantitative estimate of drug-likeness (QED) is 0.815. The Morgan fingerprint density at radius 1 is 1.42 bits per heavy atom. The second-order valence-corrected chi connectivity index (χ2v) is 6.19. The maximum atomic E-state index is 12.5. The lowest BCUT2D eigenvalue weighted by Gasteiger charge is -2.32. The monoisotopic (exact) mass is 328 g/mol. The predicted octanol–water partition coefficient (Wildman–Crippen LogP) is 2.18. The summed E-state index contributed by atoms with van der Waals surface area (Å²) < 4.78 is 7.98. The number of nitrogens with zero attached hydrogens (tertiary/aromatic N) is 4. The van der Waals surface area contributed by atoms with Gasteiger partial charge in [0.15, 0.2) is 0 Å². The van der Waals surface area contributed by atoms with E-state index in [4.69, 9.17) is 4.74 Å². The Labute approximate surface area is 142 Å². The van der Waals surface area contributed by atoms with Crippen molar-refractivity contribution >= 4 is 5.91 Å². The van der Waals surface area contributed by atoms with Gasteiger partial charge in [-0.1, -0.05) is 6.07 Å². The summed E-state index contributed by atoms with van der Waals surface area (Å²) in [4.78, 5) is 22.7. The first-order chi connectivity index (χ1) is 11.7. The number of hydrogen-bond donors (Lipinski definition) is 0. The molecule has 1 aliphatic heterocycles. The first-order valence-electron chi connectivity index (χ1n) is 8.48. The van der Waals surface area contributed by atoms with Gasteiger partial charge in [0.05, 0.1) is 12.7 Å². The molecule has 1 fully saturated rings. The van der Waals surface area contributed by atoms with Gasteiger partial charge in [0.25, 0.3) is 0 Å². The summed E-state index contributed by atoms with van der Waals surface area (Å²) in [6.07, 6.45) is 9.87. The number of imidazole rings is 1. The van der Waals surface area contributed by atoms with Gasteiger partial charge in [-0.25, -0.2) is 4.98 Å². The van der Waals surface area contributed by atoms with Crippen LogP contribution in [0.2, 0.25) is 0 Å². The number of rotatable bonds is 6. The summed E-state index contributed by atoms with van der Waals surface area (Å²) in [5.41, 5.74) is 1.07. The van der Waals surface area contributed by atoms with Crippen molar-refractivity contribution in [2.45, 2.75) is 45.4 Å². The van der Waals surface area contributed by atoms with Crippen molar-refractivity contribution in [1.82, 2.24) is 19.4 Å². The van der Waals surface area contributed by atoms with E-state index < -0.39 is 0 Å². The average molecular weight is 328 g/mol. The first-order valence-corrected chi connectivity index (χ1v) is 8.48. The van der Waals surface area contributed by atoms with Gasteiger partial charge in [0.1, 0.15) is 5.82 Å². The molecule has 0 unspecified atom stereocenters. The number of ether oxygens (including phenoxy) is 1. The SMILES string of the molecule is Cc1nccn1CCC(=O)N1CCC[C@@H](OCc2cccnc2)C1. The van der Waals surface area contributed by atoms with Crippen LogP contribution in [0.25, 0.3) is 0 Å². The molecule has 3 heterocycles. The summed E-state index contributed by atoms with van der Waals surface area (Å²) in [7, 11) is 0. The molecule has 6 heteroatoms.